The average Bonchev–Trinajstić information content (AvgIpc) is 2.16. The number of hydrogen-bond acceptors (Lipinski definition) is 2. The Morgan fingerprint density at radius 3 is 3.00 bits per heavy atom. The lowest BCUT2D eigenvalue weighted by Crippen LogP contribution is -2.35. The van der Waals surface area contributed by atoms with Crippen LogP contribution < -0.4 is 5.32 Å². The van der Waals surface area contributed by atoms with Crippen LogP contribution in [0.4, 0.5) is 0 Å². The van der Waals surface area contributed by atoms with Gasteiger partial charge < -0.3 is 10.4 Å². The molecule has 0 saturated carbocycles. The van der Waals surface area contributed by atoms with Crippen molar-refractivity contribution in [3.8, 4) is 0 Å². The Balaban J connectivity index is 2.55. The largest absolute Gasteiger partial charge is 0.480 e. The summed E-state index contributed by atoms with van der Waals surface area (Å²) in [5.41, 5.74) is 2.99. The van der Waals surface area contributed by atoms with Gasteiger partial charge in [-0.25, -0.2) is 0 Å². The molecular weight excluding hydrogens is 214 g/mol. The van der Waals surface area contributed by atoms with Gasteiger partial charge in [-0.2, -0.15) is 0 Å². The van der Waals surface area contributed by atoms with Crippen LogP contribution in [0.3, 0.4) is 0 Å². The van der Waals surface area contributed by atoms with Crippen LogP contribution in [-0.4, -0.2) is 17.6 Å². The monoisotopic (exact) mass is 225 g/mol. The van der Waals surface area contributed by atoms with E-state index < -0.39 is 12.0 Å². The molecule has 80 valence electrons. The number of fused-ring (bicyclic) bond motifs is 1. The maximum absolute atomic E-state index is 11.0. The molecule has 4 heteroatoms. The second-order valence-corrected chi connectivity index (χ2v) is 4.20. The van der Waals surface area contributed by atoms with E-state index in [0.717, 1.165) is 23.1 Å². The number of hydrogen-bond donors (Lipinski definition) is 2. The number of nitrogens with one attached hydrogen (secondary N) is 1. The van der Waals surface area contributed by atoms with Crippen molar-refractivity contribution in [2.45, 2.75) is 19.4 Å². The van der Waals surface area contributed by atoms with Gasteiger partial charge in [0.25, 0.3) is 0 Å². The highest BCUT2D eigenvalue weighted by Crippen LogP contribution is 2.29. The Hall–Kier alpha value is -1.06. The van der Waals surface area contributed by atoms with E-state index in [2.05, 4.69) is 5.32 Å². The van der Waals surface area contributed by atoms with Crippen molar-refractivity contribution >= 4 is 17.6 Å². The molecule has 1 aromatic rings. The first-order chi connectivity index (χ1) is 7.09. The Kier molecular flexibility index (Phi) is 2.67. The maximum atomic E-state index is 11.0. The van der Waals surface area contributed by atoms with Crippen LogP contribution in [0.5, 0.6) is 0 Å². The molecule has 2 rings (SSSR count). The van der Waals surface area contributed by atoms with Gasteiger partial charge >= 0.3 is 5.97 Å². The summed E-state index contributed by atoms with van der Waals surface area (Å²) in [5, 5.41) is 12.6. The minimum atomic E-state index is -0.849. The van der Waals surface area contributed by atoms with Gasteiger partial charge in [-0.05, 0) is 42.2 Å². The first kappa shape index (κ1) is 10.5. The van der Waals surface area contributed by atoms with E-state index in [1.165, 1.54) is 0 Å². The van der Waals surface area contributed by atoms with E-state index in [4.69, 9.17) is 16.7 Å². The molecule has 0 saturated heterocycles. The molecule has 2 N–H and O–H groups in total. The molecule has 0 fully saturated rings. The van der Waals surface area contributed by atoms with Crippen molar-refractivity contribution in [1.82, 2.24) is 5.32 Å². The predicted molar refractivity (Wildman–Crippen MR) is 58.3 cm³/mol. The fourth-order valence-corrected chi connectivity index (χ4v) is 2.35. The third-order valence-electron chi connectivity index (χ3n) is 2.75. The lowest BCUT2D eigenvalue weighted by atomic mass is 9.91. The molecule has 1 atom stereocenters. The normalized spacial score (nSPS) is 19.7. The van der Waals surface area contributed by atoms with Gasteiger partial charge in [-0.15, -0.1) is 0 Å². The van der Waals surface area contributed by atoms with Gasteiger partial charge in [0.15, 0.2) is 0 Å². The SMILES string of the molecule is Cc1cc(Cl)cc2c1CCNC2C(=O)O. The van der Waals surface area contributed by atoms with Gasteiger partial charge in [0.2, 0.25) is 0 Å². The summed E-state index contributed by atoms with van der Waals surface area (Å²) in [5.74, 6) is -0.849. The highest BCUT2D eigenvalue weighted by Gasteiger charge is 2.26. The number of aryl methyl sites for hydroxylation is 1. The number of carboxylic acid groups (broad SMARTS) is 1. The summed E-state index contributed by atoms with van der Waals surface area (Å²) in [6.07, 6.45) is 0.863. The molecule has 0 bridgehead atoms. The molecule has 1 aromatic carbocycles. The first-order valence-electron chi connectivity index (χ1n) is 4.84. The first-order valence-corrected chi connectivity index (χ1v) is 5.22. The summed E-state index contributed by atoms with van der Waals surface area (Å²) in [6, 6.07) is 3.01. The van der Waals surface area contributed by atoms with Crippen LogP contribution in [0.2, 0.25) is 5.02 Å². The molecule has 1 aliphatic rings. The molecule has 3 nitrogen and oxygen atoms in total. The summed E-state index contributed by atoms with van der Waals surface area (Å²) in [4.78, 5) is 11.0. The molecule has 0 aliphatic carbocycles. The van der Waals surface area contributed by atoms with Gasteiger partial charge in [0.1, 0.15) is 6.04 Å². The van der Waals surface area contributed by atoms with Crippen molar-refractivity contribution < 1.29 is 9.90 Å². The highest BCUT2D eigenvalue weighted by molar-refractivity contribution is 6.30. The summed E-state index contributed by atoms with van der Waals surface area (Å²) in [7, 11) is 0. The van der Waals surface area contributed by atoms with Gasteiger partial charge in [0.05, 0.1) is 0 Å². The third-order valence-corrected chi connectivity index (χ3v) is 2.97. The van der Waals surface area contributed by atoms with Crippen molar-refractivity contribution in [3.05, 3.63) is 33.8 Å². The lowest BCUT2D eigenvalue weighted by Gasteiger charge is -2.25. The zero-order chi connectivity index (χ0) is 11.0. The lowest BCUT2D eigenvalue weighted by molar-refractivity contribution is -0.139. The molecule has 0 amide bonds. The number of carbonyl (C=O) groups is 1. The van der Waals surface area contributed by atoms with Crippen LogP contribution in [0.25, 0.3) is 0 Å². The van der Waals surface area contributed by atoms with Gasteiger partial charge in [-0.3, -0.25) is 4.79 Å². The minimum Gasteiger partial charge on any atom is -0.480 e. The molecular formula is C11H12ClNO2. The van der Waals surface area contributed by atoms with E-state index >= 15 is 0 Å². The summed E-state index contributed by atoms with van der Waals surface area (Å²) < 4.78 is 0. The minimum absolute atomic E-state index is 0.598. The van der Waals surface area contributed by atoms with E-state index in [1.807, 2.05) is 13.0 Å². The standard InChI is InChI=1S/C11H12ClNO2/c1-6-4-7(12)5-9-8(6)2-3-13-10(9)11(14)15/h4-5,10,13H,2-3H2,1H3,(H,14,15). The van der Waals surface area contributed by atoms with Gasteiger partial charge in [-0.1, -0.05) is 11.6 Å². The van der Waals surface area contributed by atoms with E-state index in [0.29, 0.717) is 11.6 Å². The summed E-state index contributed by atoms with van der Waals surface area (Å²) in [6.45, 7) is 2.67. The second kappa shape index (κ2) is 3.83. The highest BCUT2D eigenvalue weighted by atomic mass is 35.5. The number of halogens is 1. The Labute approximate surface area is 93.1 Å². The molecule has 15 heavy (non-hydrogen) atoms. The smallest absolute Gasteiger partial charge is 0.325 e. The topological polar surface area (TPSA) is 49.3 Å². The fraction of sp³-hybridized carbons (Fsp3) is 0.364. The van der Waals surface area contributed by atoms with Crippen molar-refractivity contribution in [2.75, 3.05) is 6.54 Å². The van der Waals surface area contributed by atoms with Crippen LogP contribution in [-0.2, 0) is 11.2 Å². The van der Waals surface area contributed by atoms with Crippen LogP contribution >= 0.6 is 11.6 Å². The Bertz CT molecular complexity index is 417. The zero-order valence-corrected chi connectivity index (χ0v) is 9.14. The number of aliphatic carboxylic acids is 1. The Morgan fingerprint density at radius 2 is 2.33 bits per heavy atom. The predicted octanol–water partition coefficient (Wildman–Crippen LogP) is 1.92. The molecule has 0 aromatic heterocycles. The van der Waals surface area contributed by atoms with E-state index in [-0.39, 0.29) is 0 Å². The molecule has 0 spiro atoms. The number of benzene rings is 1. The number of rotatable bonds is 1. The van der Waals surface area contributed by atoms with Crippen molar-refractivity contribution in [3.63, 3.8) is 0 Å². The summed E-state index contributed by atoms with van der Waals surface area (Å²) >= 11 is 5.93. The molecule has 1 unspecified atom stereocenters. The quantitative estimate of drug-likeness (QED) is 0.768. The second-order valence-electron chi connectivity index (χ2n) is 3.77. The maximum Gasteiger partial charge on any atom is 0.325 e. The van der Waals surface area contributed by atoms with Crippen molar-refractivity contribution in [2.24, 2.45) is 0 Å². The van der Waals surface area contributed by atoms with Crippen LogP contribution in [0.1, 0.15) is 22.7 Å². The van der Waals surface area contributed by atoms with Crippen LogP contribution in [0, 0.1) is 6.92 Å². The number of carboxylic acids is 1. The Morgan fingerprint density at radius 1 is 1.60 bits per heavy atom. The van der Waals surface area contributed by atoms with E-state index in [1.54, 1.807) is 6.07 Å². The van der Waals surface area contributed by atoms with Gasteiger partial charge in [0, 0.05) is 11.6 Å². The van der Waals surface area contributed by atoms with E-state index in [9.17, 15) is 4.79 Å². The van der Waals surface area contributed by atoms with Crippen molar-refractivity contribution in [1.29, 1.82) is 0 Å². The fourth-order valence-electron chi connectivity index (χ4n) is 2.07. The molecule has 1 heterocycles. The zero-order valence-electron chi connectivity index (χ0n) is 8.38. The molecule has 1 aliphatic heterocycles. The van der Waals surface area contributed by atoms with Crippen LogP contribution in [0.15, 0.2) is 12.1 Å². The third kappa shape index (κ3) is 1.85. The average molecular weight is 226 g/mol. The molecule has 0 radical (unpaired) electrons.